The summed E-state index contributed by atoms with van der Waals surface area (Å²) < 4.78 is 11.1. The van der Waals surface area contributed by atoms with Gasteiger partial charge in [0.05, 0.1) is 19.8 Å². The van der Waals surface area contributed by atoms with Gasteiger partial charge in [0.15, 0.2) is 5.11 Å². The zero-order valence-electron chi connectivity index (χ0n) is 17.5. The normalized spacial score (nSPS) is 17.5. The fourth-order valence-corrected chi connectivity index (χ4v) is 3.95. The molecule has 0 aliphatic carbocycles. The van der Waals surface area contributed by atoms with Crippen LogP contribution in [0.15, 0.2) is 22.6 Å². The molecule has 0 amide bonds. The van der Waals surface area contributed by atoms with Crippen molar-refractivity contribution < 1.29 is 9.15 Å². The minimum Gasteiger partial charge on any atom is -0.465 e. The van der Waals surface area contributed by atoms with Gasteiger partial charge in [-0.25, -0.2) is 0 Å². The van der Waals surface area contributed by atoms with Crippen molar-refractivity contribution in [1.29, 1.82) is 0 Å². The number of hydrogen-bond acceptors (Lipinski definition) is 7. The summed E-state index contributed by atoms with van der Waals surface area (Å²) in [5.74, 6) is 4.12. The van der Waals surface area contributed by atoms with Crippen LogP contribution in [-0.2, 0) is 11.3 Å². The van der Waals surface area contributed by atoms with Gasteiger partial charge in [-0.1, -0.05) is 12.8 Å². The van der Waals surface area contributed by atoms with Crippen LogP contribution in [0.2, 0.25) is 0 Å². The molecular formula is C21H30N6O2S. The highest BCUT2D eigenvalue weighted by atomic mass is 32.1. The molecule has 0 bridgehead atoms. The van der Waals surface area contributed by atoms with Gasteiger partial charge in [-0.15, -0.1) is 0 Å². The van der Waals surface area contributed by atoms with E-state index in [0.717, 1.165) is 49.3 Å². The van der Waals surface area contributed by atoms with Crippen molar-refractivity contribution in [2.24, 2.45) is 0 Å². The zero-order valence-corrected chi connectivity index (χ0v) is 18.3. The van der Waals surface area contributed by atoms with Crippen LogP contribution < -0.4 is 20.4 Å². The fourth-order valence-electron chi connectivity index (χ4n) is 3.79. The predicted molar refractivity (Wildman–Crippen MR) is 122 cm³/mol. The molecule has 4 rings (SSSR count). The van der Waals surface area contributed by atoms with Crippen LogP contribution in [0, 0.1) is 6.92 Å². The summed E-state index contributed by atoms with van der Waals surface area (Å²) in [7, 11) is 0. The third-order valence-electron chi connectivity index (χ3n) is 5.41. The Morgan fingerprint density at radius 3 is 2.30 bits per heavy atom. The number of hydrogen-bond donors (Lipinski definition) is 2. The molecule has 4 heterocycles. The summed E-state index contributed by atoms with van der Waals surface area (Å²) in [6, 6.07) is 5.98. The van der Waals surface area contributed by atoms with Crippen molar-refractivity contribution in [3.63, 3.8) is 0 Å². The number of ether oxygens (including phenoxy) is 1. The molecule has 2 fully saturated rings. The quantitative estimate of drug-likeness (QED) is 0.696. The van der Waals surface area contributed by atoms with Crippen LogP contribution >= 0.6 is 12.2 Å². The second-order valence-electron chi connectivity index (χ2n) is 7.73. The van der Waals surface area contributed by atoms with E-state index in [1.165, 1.54) is 25.7 Å². The Kier molecular flexibility index (Phi) is 7.01. The Morgan fingerprint density at radius 2 is 1.67 bits per heavy atom. The molecule has 9 heteroatoms. The molecule has 0 saturated carbocycles. The van der Waals surface area contributed by atoms with Crippen LogP contribution in [0.4, 0.5) is 17.6 Å². The molecular weight excluding hydrogens is 400 g/mol. The van der Waals surface area contributed by atoms with Crippen molar-refractivity contribution >= 4 is 34.9 Å². The first-order valence-electron chi connectivity index (χ1n) is 10.7. The van der Waals surface area contributed by atoms with Crippen LogP contribution in [0.5, 0.6) is 0 Å². The standard InChI is InChI=1S/C21H30N6O2S/c1-16-6-7-17(29-16)15-22-21(30)25-20-23-18(26-8-4-2-3-5-9-26)14-19(24-20)27-10-12-28-13-11-27/h6-7,14H,2-5,8-13,15H2,1H3,(H2,22,23,24,25,30). The summed E-state index contributed by atoms with van der Waals surface area (Å²) in [5, 5.41) is 6.81. The highest BCUT2D eigenvalue weighted by Gasteiger charge is 2.19. The van der Waals surface area contributed by atoms with Crippen LogP contribution in [0.1, 0.15) is 37.2 Å². The van der Waals surface area contributed by atoms with E-state index in [1.807, 2.05) is 19.1 Å². The summed E-state index contributed by atoms with van der Waals surface area (Å²) in [5.41, 5.74) is 0. The fraction of sp³-hybridized carbons (Fsp3) is 0.571. The molecule has 162 valence electrons. The van der Waals surface area contributed by atoms with Crippen LogP contribution in [0.25, 0.3) is 0 Å². The Labute approximate surface area is 183 Å². The largest absolute Gasteiger partial charge is 0.465 e. The van der Waals surface area contributed by atoms with Gasteiger partial charge in [-0.3, -0.25) is 0 Å². The first kappa shape index (κ1) is 20.9. The average molecular weight is 431 g/mol. The number of morpholine rings is 1. The van der Waals surface area contributed by atoms with Crippen molar-refractivity contribution in [1.82, 2.24) is 15.3 Å². The Morgan fingerprint density at radius 1 is 1.00 bits per heavy atom. The zero-order chi connectivity index (χ0) is 20.8. The molecule has 0 aromatic carbocycles. The molecule has 0 radical (unpaired) electrons. The molecule has 30 heavy (non-hydrogen) atoms. The lowest BCUT2D eigenvalue weighted by Crippen LogP contribution is -2.37. The van der Waals surface area contributed by atoms with E-state index in [9.17, 15) is 0 Å². The van der Waals surface area contributed by atoms with Gasteiger partial charge in [0, 0.05) is 32.2 Å². The Balaban J connectivity index is 1.49. The maximum absolute atomic E-state index is 5.59. The van der Waals surface area contributed by atoms with Crippen molar-refractivity contribution in [3.8, 4) is 0 Å². The van der Waals surface area contributed by atoms with E-state index in [-0.39, 0.29) is 0 Å². The maximum Gasteiger partial charge on any atom is 0.232 e. The maximum atomic E-state index is 5.59. The van der Waals surface area contributed by atoms with Gasteiger partial charge in [-0.2, -0.15) is 9.97 Å². The Hall–Kier alpha value is -2.39. The minimum atomic E-state index is 0.477. The molecule has 0 unspecified atom stereocenters. The highest BCUT2D eigenvalue weighted by molar-refractivity contribution is 7.80. The van der Waals surface area contributed by atoms with Crippen molar-refractivity contribution in [2.75, 3.05) is 54.5 Å². The van der Waals surface area contributed by atoms with E-state index < -0.39 is 0 Å². The van der Waals surface area contributed by atoms with Crippen molar-refractivity contribution in [2.45, 2.75) is 39.2 Å². The molecule has 2 aromatic heterocycles. The smallest absolute Gasteiger partial charge is 0.232 e. The predicted octanol–water partition coefficient (Wildman–Crippen LogP) is 3.08. The summed E-state index contributed by atoms with van der Waals surface area (Å²) in [4.78, 5) is 14.1. The number of nitrogens with one attached hydrogen (secondary N) is 2. The van der Waals surface area contributed by atoms with E-state index in [2.05, 4.69) is 26.5 Å². The van der Waals surface area contributed by atoms with E-state index in [4.69, 9.17) is 31.3 Å². The van der Waals surface area contributed by atoms with E-state index in [0.29, 0.717) is 30.8 Å². The summed E-state index contributed by atoms with van der Waals surface area (Å²) in [6.07, 6.45) is 4.96. The monoisotopic (exact) mass is 430 g/mol. The first-order chi connectivity index (χ1) is 14.7. The average Bonchev–Trinajstić information content (AvgIpc) is 3.00. The lowest BCUT2D eigenvalue weighted by molar-refractivity contribution is 0.122. The number of rotatable bonds is 5. The molecule has 0 spiro atoms. The van der Waals surface area contributed by atoms with Gasteiger partial charge in [0.2, 0.25) is 5.95 Å². The lowest BCUT2D eigenvalue weighted by Gasteiger charge is -2.29. The first-order valence-corrected chi connectivity index (χ1v) is 11.1. The highest BCUT2D eigenvalue weighted by Crippen LogP contribution is 2.24. The number of thiocarbonyl (C=S) groups is 1. The summed E-state index contributed by atoms with van der Waals surface area (Å²) >= 11 is 5.47. The number of furan rings is 1. The molecule has 0 atom stereocenters. The van der Waals surface area contributed by atoms with Gasteiger partial charge in [0.25, 0.3) is 0 Å². The van der Waals surface area contributed by atoms with Crippen LogP contribution in [-0.4, -0.2) is 54.5 Å². The third-order valence-corrected chi connectivity index (χ3v) is 5.66. The number of aromatic nitrogens is 2. The van der Waals surface area contributed by atoms with Gasteiger partial charge < -0.3 is 29.6 Å². The second kappa shape index (κ2) is 10.1. The number of aryl methyl sites for hydroxylation is 1. The SMILES string of the molecule is Cc1ccc(CNC(=S)Nc2nc(N3CCCCCC3)cc(N3CCOCC3)n2)o1. The molecule has 2 aliphatic heterocycles. The van der Waals surface area contributed by atoms with E-state index >= 15 is 0 Å². The number of nitrogens with zero attached hydrogens (tertiary/aromatic N) is 4. The summed E-state index contributed by atoms with van der Waals surface area (Å²) in [6.45, 7) is 7.59. The van der Waals surface area contributed by atoms with Gasteiger partial charge in [0.1, 0.15) is 23.2 Å². The third kappa shape index (κ3) is 5.60. The van der Waals surface area contributed by atoms with Crippen molar-refractivity contribution in [3.05, 3.63) is 29.7 Å². The van der Waals surface area contributed by atoms with Crippen LogP contribution in [0.3, 0.4) is 0 Å². The van der Waals surface area contributed by atoms with Gasteiger partial charge in [-0.05, 0) is 44.1 Å². The topological polar surface area (TPSA) is 78.7 Å². The molecule has 2 N–H and O–H groups in total. The number of anilines is 3. The second-order valence-corrected chi connectivity index (χ2v) is 8.14. The van der Waals surface area contributed by atoms with Gasteiger partial charge >= 0.3 is 0 Å². The molecule has 2 saturated heterocycles. The molecule has 8 nitrogen and oxygen atoms in total. The van der Waals surface area contributed by atoms with E-state index in [1.54, 1.807) is 0 Å². The lowest BCUT2D eigenvalue weighted by atomic mass is 10.2. The Bertz CT molecular complexity index is 844. The molecule has 2 aromatic rings. The minimum absolute atomic E-state index is 0.477. The molecule has 2 aliphatic rings.